The number of fused-ring (bicyclic) bond motifs is 5. The Labute approximate surface area is 248 Å². The molecule has 6 aliphatic rings. The number of anilines is 2. The van der Waals surface area contributed by atoms with E-state index in [4.69, 9.17) is 4.74 Å². The number of hydrogen-bond acceptors (Lipinski definition) is 10. The molecular weight excluding hydrogens is 534 g/mol. The number of nitrogens with one attached hydrogen (secondary N) is 4. The summed E-state index contributed by atoms with van der Waals surface area (Å²) in [6, 6.07) is 6.59. The second-order valence-corrected chi connectivity index (χ2v) is 12.6. The molecule has 6 atom stereocenters. The van der Waals surface area contributed by atoms with Crippen LogP contribution in [0.3, 0.4) is 0 Å². The molecule has 6 aliphatic heterocycles. The van der Waals surface area contributed by atoms with E-state index in [2.05, 4.69) is 80.4 Å². The Balaban J connectivity index is 1.09. The van der Waals surface area contributed by atoms with Crippen LogP contribution in [0.15, 0.2) is 30.4 Å². The van der Waals surface area contributed by atoms with Gasteiger partial charge in [0.1, 0.15) is 19.1 Å². The maximum Gasteiger partial charge on any atom is 0.249 e. The van der Waals surface area contributed by atoms with Crippen molar-refractivity contribution in [3.8, 4) is 0 Å². The van der Waals surface area contributed by atoms with E-state index in [-0.39, 0.29) is 55.2 Å². The van der Waals surface area contributed by atoms with Gasteiger partial charge < -0.3 is 24.8 Å². The molecule has 42 heavy (non-hydrogen) atoms. The van der Waals surface area contributed by atoms with Gasteiger partial charge in [-0.1, -0.05) is 12.2 Å². The Bertz CT molecular complexity index is 1200. The lowest BCUT2D eigenvalue weighted by molar-refractivity contribution is -0.176. The predicted molar refractivity (Wildman–Crippen MR) is 160 cm³/mol. The van der Waals surface area contributed by atoms with Crippen molar-refractivity contribution in [2.24, 2.45) is 5.92 Å². The first kappa shape index (κ1) is 28.1. The third kappa shape index (κ3) is 5.29. The number of piperazine rings is 1. The molecule has 0 radical (unpaired) electrons. The summed E-state index contributed by atoms with van der Waals surface area (Å²) < 4.78 is 5.95. The van der Waals surface area contributed by atoms with Crippen LogP contribution in [-0.2, 0) is 14.3 Å². The fraction of sp³-hybridized carbons (Fsp3) is 0.667. The number of nitrogens with zero attached hydrogens (tertiary/aromatic N) is 5. The minimum atomic E-state index is -0.206. The highest BCUT2D eigenvalue weighted by Gasteiger charge is 2.53. The van der Waals surface area contributed by atoms with Crippen LogP contribution in [0.2, 0.25) is 0 Å². The molecule has 5 fully saturated rings. The second kappa shape index (κ2) is 11.7. The van der Waals surface area contributed by atoms with Crippen LogP contribution in [0.4, 0.5) is 11.4 Å². The van der Waals surface area contributed by atoms with Gasteiger partial charge in [0.15, 0.2) is 0 Å². The maximum atomic E-state index is 13.7. The predicted octanol–water partition coefficient (Wildman–Crippen LogP) is 0.250. The Kier molecular flexibility index (Phi) is 7.84. The van der Waals surface area contributed by atoms with Gasteiger partial charge in [-0.25, -0.2) is 0 Å². The quantitative estimate of drug-likeness (QED) is 0.373. The van der Waals surface area contributed by atoms with E-state index in [1.807, 2.05) is 9.91 Å². The van der Waals surface area contributed by atoms with E-state index in [0.717, 1.165) is 57.5 Å². The molecule has 5 saturated heterocycles. The molecule has 228 valence electrons. The first-order valence-electron chi connectivity index (χ1n) is 15.7. The fourth-order valence-electron chi connectivity index (χ4n) is 7.49. The summed E-state index contributed by atoms with van der Waals surface area (Å²) >= 11 is 0. The number of carbonyl (C=O) groups is 2. The highest BCUT2D eigenvalue weighted by Crippen LogP contribution is 2.34. The van der Waals surface area contributed by atoms with Gasteiger partial charge in [0.25, 0.3) is 0 Å². The summed E-state index contributed by atoms with van der Waals surface area (Å²) in [6.45, 7) is 8.42. The molecule has 4 N–H and O–H groups in total. The van der Waals surface area contributed by atoms with Crippen LogP contribution in [0, 0.1) is 12.8 Å². The zero-order valence-corrected chi connectivity index (χ0v) is 24.8. The van der Waals surface area contributed by atoms with Crippen LogP contribution in [-0.4, -0.2) is 122 Å². The zero-order chi connectivity index (χ0) is 28.8. The summed E-state index contributed by atoms with van der Waals surface area (Å²) in [5, 5.41) is 18.7. The van der Waals surface area contributed by atoms with Gasteiger partial charge in [-0.2, -0.15) is 5.01 Å². The Morgan fingerprint density at radius 1 is 1.00 bits per heavy atom. The third-order valence-corrected chi connectivity index (χ3v) is 9.80. The minimum Gasteiger partial charge on any atom is -0.369 e. The second-order valence-electron chi connectivity index (χ2n) is 12.6. The van der Waals surface area contributed by atoms with Gasteiger partial charge in [-0.15, -0.1) is 0 Å². The molecule has 2 bridgehead atoms. The number of likely N-dealkylation sites (N-methyl/N-ethyl adjacent to an activating group) is 1. The molecular formula is C30H45N9O3. The molecule has 0 spiro atoms. The van der Waals surface area contributed by atoms with E-state index in [1.54, 1.807) is 0 Å². The summed E-state index contributed by atoms with van der Waals surface area (Å²) in [5.74, 6) is -0.0390. The molecule has 2 amide bonds. The molecule has 12 nitrogen and oxygen atoms in total. The number of hydrazine groups is 1. The normalized spacial score (nSPS) is 35.2. The fourth-order valence-corrected chi connectivity index (χ4v) is 7.49. The number of rotatable bonds is 3. The Morgan fingerprint density at radius 3 is 2.69 bits per heavy atom. The van der Waals surface area contributed by atoms with Crippen LogP contribution in [0.25, 0.3) is 0 Å². The largest absolute Gasteiger partial charge is 0.369 e. The number of amides is 2. The lowest BCUT2D eigenvalue weighted by Crippen LogP contribution is -2.72. The minimum absolute atomic E-state index is 0.0209. The van der Waals surface area contributed by atoms with E-state index < -0.39 is 0 Å². The van der Waals surface area contributed by atoms with Gasteiger partial charge in [0, 0.05) is 50.6 Å². The molecule has 0 aromatic heterocycles. The lowest BCUT2D eigenvalue weighted by Gasteiger charge is -2.50. The van der Waals surface area contributed by atoms with Crippen LogP contribution < -0.4 is 26.2 Å². The van der Waals surface area contributed by atoms with E-state index in [1.165, 1.54) is 11.3 Å². The van der Waals surface area contributed by atoms with Crippen molar-refractivity contribution in [3.63, 3.8) is 0 Å². The first-order chi connectivity index (χ1) is 20.5. The van der Waals surface area contributed by atoms with E-state index in [9.17, 15) is 9.59 Å². The molecule has 6 heterocycles. The van der Waals surface area contributed by atoms with Crippen molar-refractivity contribution < 1.29 is 14.3 Å². The van der Waals surface area contributed by atoms with E-state index in [0.29, 0.717) is 19.6 Å². The van der Waals surface area contributed by atoms with Gasteiger partial charge in [-0.05, 0) is 63.4 Å². The number of hydrogen-bond donors (Lipinski definition) is 4. The number of allylic oxidation sites excluding steroid dienone is 1. The average molecular weight is 580 g/mol. The lowest BCUT2D eigenvalue weighted by atomic mass is 9.99. The third-order valence-electron chi connectivity index (χ3n) is 9.80. The molecule has 1 aromatic rings. The smallest absolute Gasteiger partial charge is 0.249 e. The van der Waals surface area contributed by atoms with Crippen LogP contribution in [0.1, 0.15) is 31.2 Å². The number of ether oxygens (including phenoxy) is 1. The molecule has 1 aromatic carbocycles. The van der Waals surface area contributed by atoms with Crippen molar-refractivity contribution in [1.29, 1.82) is 0 Å². The molecule has 0 saturated carbocycles. The van der Waals surface area contributed by atoms with Gasteiger partial charge in [0.2, 0.25) is 11.8 Å². The average Bonchev–Trinajstić information content (AvgIpc) is 3.26. The van der Waals surface area contributed by atoms with Crippen molar-refractivity contribution >= 4 is 23.2 Å². The summed E-state index contributed by atoms with van der Waals surface area (Å²) in [6.07, 6.45) is 7.02. The number of carbonyl (C=O) groups excluding carboxylic acids is 2. The number of aryl methyl sites for hydroxylation is 1. The summed E-state index contributed by atoms with van der Waals surface area (Å²) in [7, 11) is 2.18. The van der Waals surface area contributed by atoms with Gasteiger partial charge >= 0.3 is 0 Å². The Hall–Kier alpha value is -2.74. The molecule has 6 unspecified atom stereocenters. The van der Waals surface area contributed by atoms with Crippen LogP contribution >= 0.6 is 0 Å². The van der Waals surface area contributed by atoms with Gasteiger partial charge in [0.05, 0.1) is 30.9 Å². The number of morpholine rings is 1. The zero-order valence-electron chi connectivity index (χ0n) is 24.8. The van der Waals surface area contributed by atoms with Crippen molar-refractivity contribution in [2.75, 3.05) is 69.7 Å². The van der Waals surface area contributed by atoms with Crippen molar-refractivity contribution in [1.82, 2.24) is 35.8 Å². The topological polar surface area (TPSA) is 108 Å². The summed E-state index contributed by atoms with van der Waals surface area (Å²) in [4.78, 5) is 33.4. The maximum absolute atomic E-state index is 13.7. The monoisotopic (exact) mass is 579 g/mol. The van der Waals surface area contributed by atoms with Crippen LogP contribution in [0.5, 0.6) is 0 Å². The first-order valence-corrected chi connectivity index (χ1v) is 15.7. The Morgan fingerprint density at radius 2 is 1.86 bits per heavy atom. The number of benzene rings is 1. The van der Waals surface area contributed by atoms with Crippen molar-refractivity contribution in [2.45, 2.75) is 63.5 Å². The van der Waals surface area contributed by atoms with Crippen molar-refractivity contribution in [3.05, 3.63) is 35.9 Å². The highest BCUT2D eigenvalue weighted by atomic mass is 16.5. The number of piperidine rings is 1. The van der Waals surface area contributed by atoms with E-state index >= 15 is 0 Å². The molecule has 7 rings (SSSR count). The SMILES string of the molecule is Cc1cc(NC2NCC3C(=O)N4C/C=C\CCCN5C(=O)COC6CCC(NC65)N4C3N2)ccc1N1CCN(C)CC1. The highest BCUT2D eigenvalue weighted by molar-refractivity contribution is 5.82. The molecule has 12 heteroatoms. The summed E-state index contributed by atoms with van der Waals surface area (Å²) in [5.41, 5.74) is 3.59. The van der Waals surface area contributed by atoms with Gasteiger partial charge in [-0.3, -0.25) is 30.5 Å². The standard InChI is InChI=1S/C30H45N9O3/c1-20-17-21(7-8-23(20)36-15-13-35(2)14-16-36)32-30-31-18-22-27(34-30)39-25-10-9-24-28(33-25)37(26(40)19-42-24)11-5-3-4-6-12-38(39)29(22)41/h4,6-8,17,22,24-25,27-28,30-34H,3,5,9-16,18-19H2,1-2H3/b6-4-. The molecule has 0 aliphatic carbocycles.